The summed E-state index contributed by atoms with van der Waals surface area (Å²) in [4.78, 5) is 3.85. The Hall–Kier alpha value is -1.56. The molecule has 10 heteroatoms. The molecule has 0 N–H and O–H groups in total. The van der Waals surface area contributed by atoms with Crippen molar-refractivity contribution in [2.45, 2.75) is 6.61 Å². The second-order valence-electron chi connectivity index (χ2n) is 4.59. The van der Waals surface area contributed by atoms with Gasteiger partial charge in [-0.25, -0.2) is 8.78 Å². The molecule has 0 spiro atoms. The fourth-order valence-corrected chi connectivity index (χ4v) is 1.68. The van der Waals surface area contributed by atoms with Gasteiger partial charge in [-0.15, -0.1) is 0 Å². The van der Waals surface area contributed by atoms with Crippen LogP contribution in [0.1, 0.15) is 5.56 Å². The molecule has 0 aromatic heterocycles. The van der Waals surface area contributed by atoms with Crippen LogP contribution in [0.25, 0.3) is 0 Å². The maximum absolute atomic E-state index is 14.4. The number of methoxy groups -OCH3 is 2. The maximum atomic E-state index is 14.4. The highest BCUT2D eigenvalue weighted by atomic mass is 19.1. The minimum Gasteiger partial charge on any atom is -0.460 e. The molecule has 0 bridgehead atoms. The second kappa shape index (κ2) is 12.8. The van der Waals surface area contributed by atoms with E-state index >= 15 is 0 Å². The van der Waals surface area contributed by atoms with Gasteiger partial charge in [-0.05, 0) is 6.07 Å². The number of hydrogen-bond donors (Lipinski definition) is 0. The van der Waals surface area contributed by atoms with E-state index in [1.165, 1.54) is 14.2 Å². The van der Waals surface area contributed by atoms with Crippen molar-refractivity contribution in [1.29, 1.82) is 0 Å². The molecule has 1 rings (SSSR count). The summed E-state index contributed by atoms with van der Waals surface area (Å²) in [7, 11) is 2.99. The van der Waals surface area contributed by atoms with Crippen LogP contribution in [0.5, 0.6) is 11.5 Å². The number of hydrogen-bond acceptors (Lipinski definition) is 7. The van der Waals surface area contributed by atoms with Crippen LogP contribution in [0.2, 0.25) is 0 Å². The van der Waals surface area contributed by atoms with Crippen molar-refractivity contribution in [2.75, 3.05) is 54.2 Å². The van der Waals surface area contributed by atoms with Gasteiger partial charge < -0.3 is 28.4 Å². The summed E-state index contributed by atoms with van der Waals surface area (Å²) >= 11 is 0. The third-order valence-electron chi connectivity index (χ3n) is 2.86. The third-order valence-corrected chi connectivity index (χ3v) is 2.86. The van der Waals surface area contributed by atoms with Gasteiger partial charge in [-0.2, -0.15) is 0 Å². The fraction of sp³-hybridized carbons (Fsp3) is 0.600. The van der Waals surface area contributed by atoms with Crippen molar-refractivity contribution >= 4 is 0 Å². The van der Waals surface area contributed by atoms with E-state index in [0.29, 0.717) is 13.2 Å². The van der Waals surface area contributed by atoms with Crippen molar-refractivity contribution in [3.05, 3.63) is 23.3 Å². The van der Waals surface area contributed by atoms with Gasteiger partial charge in [-0.1, -0.05) is 0 Å². The van der Waals surface area contributed by atoms with Crippen LogP contribution in [0.3, 0.4) is 0 Å². The zero-order valence-electron chi connectivity index (χ0n) is 14.1. The average molecular weight is 365 g/mol. The SMILES string of the molecule is COCCOCOc1c(F)cc(CO[N])c(F)c1OCOCCOC. The van der Waals surface area contributed by atoms with Gasteiger partial charge >= 0.3 is 0 Å². The van der Waals surface area contributed by atoms with Gasteiger partial charge in [0.25, 0.3) is 0 Å². The molecule has 0 saturated heterocycles. The lowest BCUT2D eigenvalue weighted by molar-refractivity contribution is -0.0236. The summed E-state index contributed by atoms with van der Waals surface area (Å²) in [5.41, 5.74) is -0.250. The van der Waals surface area contributed by atoms with Crippen molar-refractivity contribution in [1.82, 2.24) is 5.90 Å². The van der Waals surface area contributed by atoms with E-state index < -0.39 is 29.7 Å². The van der Waals surface area contributed by atoms with E-state index in [-0.39, 0.29) is 32.4 Å². The van der Waals surface area contributed by atoms with Gasteiger partial charge in [-0.3, -0.25) is 4.84 Å². The number of benzene rings is 1. The number of halogens is 2. The minimum atomic E-state index is -0.947. The Kier molecular flexibility index (Phi) is 11.0. The zero-order valence-corrected chi connectivity index (χ0v) is 14.1. The summed E-state index contributed by atoms with van der Waals surface area (Å²) in [6.45, 7) is -0.197. The van der Waals surface area contributed by atoms with Crippen LogP contribution < -0.4 is 15.4 Å². The summed E-state index contributed by atoms with van der Waals surface area (Å²) in [6, 6.07) is 0.828. The molecular weight excluding hydrogens is 344 g/mol. The first-order chi connectivity index (χ1) is 12.2. The Morgan fingerprint density at radius 1 is 0.880 bits per heavy atom. The van der Waals surface area contributed by atoms with Crippen LogP contribution in [-0.4, -0.2) is 54.2 Å². The van der Waals surface area contributed by atoms with Crippen LogP contribution in [0.4, 0.5) is 8.78 Å². The summed E-state index contributed by atoms with van der Waals surface area (Å²) in [5.74, 6) is 5.61. The van der Waals surface area contributed by atoms with E-state index in [4.69, 9.17) is 34.3 Å². The quantitative estimate of drug-likeness (QED) is 0.280. The largest absolute Gasteiger partial charge is 0.460 e. The molecule has 0 heterocycles. The van der Waals surface area contributed by atoms with Gasteiger partial charge in [0.1, 0.15) is 6.61 Å². The van der Waals surface area contributed by atoms with E-state index in [2.05, 4.69) is 4.84 Å². The number of ether oxygens (including phenoxy) is 6. The zero-order chi connectivity index (χ0) is 18.5. The lowest BCUT2D eigenvalue weighted by Gasteiger charge is -2.16. The molecule has 2 radical (unpaired) electrons. The molecule has 0 atom stereocenters. The van der Waals surface area contributed by atoms with Crippen molar-refractivity contribution < 1.29 is 42.0 Å². The smallest absolute Gasteiger partial charge is 0.203 e. The van der Waals surface area contributed by atoms with Crippen LogP contribution in [0.15, 0.2) is 6.07 Å². The molecule has 0 aliphatic heterocycles. The van der Waals surface area contributed by atoms with Crippen LogP contribution in [-0.2, 0) is 30.4 Å². The molecule has 142 valence electrons. The topological polar surface area (TPSA) is 86.9 Å². The highest BCUT2D eigenvalue weighted by molar-refractivity contribution is 5.45. The first kappa shape index (κ1) is 21.5. The summed E-state index contributed by atoms with van der Waals surface area (Å²) in [5, 5.41) is 0. The Labute approximate surface area is 144 Å². The first-order valence-corrected chi connectivity index (χ1v) is 7.31. The first-order valence-electron chi connectivity index (χ1n) is 7.31. The summed E-state index contributed by atoms with van der Waals surface area (Å²) < 4.78 is 58.5. The summed E-state index contributed by atoms with van der Waals surface area (Å²) in [6.07, 6.45) is 0. The van der Waals surface area contributed by atoms with Gasteiger partial charge in [0.2, 0.25) is 11.5 Å². The lowest BCUT2D eigenvalue weighted by Crippen LogP contribution is -2.13. The van der Waals surface area contributed by atoms with Crippen molar-refractivity contribution in [3.63, 3.8) is 0 Å². The standard InChI is InChI=1S/C15H21F2NO7/c1-19-3-5-21-9-23-14-12(16)7-11(8-25-18)13(17)15(14)24-10-22-6-4-20-2/h7H,3-6,8-10H2,1-2H3. The molecule has 1 aromatic rings. The number of rotatable bonds is 14. The Morgan fingerprint density at radius 2 is 1.44 bits per heavy atom. The van der Waals surface area contributed by atoms with Crippen LogP contribution >= 0.6 is 0 Å². The minimum absolute atomic E-state index is 0.205. The normalized spacial score (nSPS) is 10.9. The molecule has 0 aliphatic carbocycles. The van der Waals surface area contributed by atoms with Gasteiger partial charge in [0.05, 0.1) is 26.4 Å². The fourth-order valence-electron chi connectivity index (χ4n) is 1.68. The van der Waals surface area contributed by atoms with Crippen molar-refractivity contribution in [2.24, 2.45) is 0 Å². The second-order valence-corrected chi connectivity index (χ2v) is 4.59. The maximum Gasteiger partial charge on any atom is 0.203 e. The predicted molar refractivity (Wildman–Crippen MR) is 79.9 cm³/mol. The van der Waals surface area contributed by atoms with E-state index in [0.717, 1.165) is 6.07 Å². The number of nitrogens with zero attached hydrogens (tertiary/aromatic N) is 1. The third kappa shape index (κ3) is 7.46. The predicted octanol–water partition coefficient (Wildman–Crippen LogP) is 1.46. The monoisotopic (exact) mass is 365 g/mol. The van der Waals surface area contributed by atoms with E-state index in [1.807, 2.05) is 0 Å². The van der Waals surface area contributed by atoms with E-state index in [9.17, 15) is 8.78 Å². The molecular formula is C15H21F2NO7. The molecule has 8 nitrogen and oxygen atoms in total. The highest BCUT2D eigenvalue weighted by Gasteiger charge is 2.22. The Bertz CT molecular complexity index is 505. The van der Waals surface area contributed by atoms with E-state index in [1.54, 1.807) is 0 Å². The molecule has 0 saturated carbocycles. The Balaban J connectivity index is 2.81. The molecule has 0 aliphatic rings. The molecule has 0 amide bonds. The van der Waals surface area contributed by atoms with Gasteiger partial charge in [0, 0.05) is 25.7 Å². The molecule has 0 fully saturated rings. The van der Waals surface area contributed by atoms with Gasteiger partial charge in [0.15, 0.2) is 25.2 Å². The molecule has 25 heavy (non-hydrogen) atoms. The molecule has 0 unspecified atom stereocenters. The highest BCUT2D eigenvalue weighted by Crippen LogP contribution is 2.36. The average Bonchev–Trinajstić information content (AvgIpc) is 2.60. The Morgan fingerprint density at radius 3 is 1.96 bits per heavy atom. The lowest BCUT2D eigenvalue weighted by atomic mass is 10.2. The molecule has 1 aromatic carbocycles. The van der Waals surface area contributed by atoms with Crippen molar-refractivity contribution in [3.8, 4) is 11.5 Å². The van der Waals surface area contributed by atoms with Crippen LogP contribution in [0, 0.1) is 11.6 Å².